The van der Waals surface area contributed by atoms with E-state index in [2.05, 4.69) is 19.1 Å². The van der Waals surface area contributed by atoms with Crippen LogP contribution in [0.4, 0.5) is 0 Å². The van der Waals surface area contributed by atoms with Gasteiger partial charge in [0.25, 0.3) is 0 Å². The van der Waals surface area contributed by atoms with E-state index in [4.69, 9.17) is 4.42 Å². The smallest absolute Gasteiger partial charge is 0.336 e. The van der Waals surface area contributed by atoms with Crippen molar-refractivity contribution in [3.8, 4) is 0 Å². The topological polar surface area (TPSA) is 34.7 Å². The molecule has 1 aliphatic heterocycles. The lowest BCUT2D eigenvalue weighted by molar-refractivity contribution is -0.919. The van der Waals surface area contributed by atoms with Crippen LogP contribution in [0, 0.1) is 5.92 Å². The number of quaternary nitrogens is 1. The molecule has 1 N–H and O–H groups in total. The minimum Gasteiger partial charge on any atom is -0.423 e. The average molecular weight is 312 g/mol. The fraction of sp³-hybridized carbons (Fsp3) is 0.550. The van der Waals surface area contributed by atoms with Crippen molar-refractivity contribution in [2.45, 2.75) is 52.0 Å². The molecule has 0 spiro atoms. The van der Waals surface area contributed by atoms with Crippen molar-refractivity contribution in [3.05, 3.63) is 45.3 Å². The van der Waals surface area contributed by atoms with E-state index in [0.29, 0.717) is 0 Å². The molecule has 23 heavy (non-hydrogen) atoms. The van der Waals surface area contributed by atoms with Gasteiger partial charge in [-0.25, -0.2) is 4.79 Å². The molecule has 0 amide bonds. The third kappa shape index (κ3) is 3.07. The molecule has 3 nitrogen and oxygen atoms in total. The second kappa shape index (κ2) is 6.12. The summed E-state index contributed by atoms with van der Waals surface area (Å²) in [7, 11) is 0. The van der Waals surface area contributed by atoms with Crippen LogP contribution in [-0.2, 0) is 19.4 Å². The van der Waals surface area contributed by atoms with Gasteiger partial charge in [-0.15, -0.1) is 0 Å². The number of benzene rings is 1. The van der Waals surface area contributed by atoms with Gasteiger partial charge in [0.05, 0.1) is 13.1 Å². The van der Waals surface area contributed by atoms with E-state index in [1.165, 1.54) is 55.5 Å². The first kappa shape index (κ1) is 14.9. The Labute approximate surface area is 137 Å². The summed E-state index contributed by atoms with van der Waals surface area (Å²) in [5, 5.41) is 1.16. The van der Waals surface area contributed by atoms with Crippen LogP contribution in [0.3, 0.4) is 0 Å². The van der Waals surface area contributed by atoms with Crippen LogP contribution in [0.25, 0.3) is 11.0 Å². The Morgan fingerprint density at radius 3 is 2.52 bits per heavy atom. The van der Waals surface area contributed by atoms with Crippen LogP contribution in [0.15, 0.2) is 27.4 Å². The SMILES string of the molecule is CC1CC[NH+](Cc2cc(=O)oc3cc4c(cc23)CCCC4)CC1. The Hall–Kier alpha value is -1.61. The molecule has 1 aromatic heterocycles. The van der Waals surface area contributed by atoms with Crippen LogP contribution in [0.5, 0.6) is 0 Å². The van der Waals surface area contributed by atoms with E-state index in [1.54, 1.807) is 11.0 Å². The predicted molar refractivity (Wildman–Crippen MR) is 91.9 cm³/mol. The number of aryl methyl sites for hydroxylation is 2. The zero-order chi connectivity index (χ0) is 15.8. The summed E-state index contributed by atoms with van der Waals surface area (Å²) in [6.07, 6.45) is 7.40. The van der Waals surface area contributed by atoms with Crippen molar-refractivity contribution in [2.75, 3.05) is 13.1 Å². The van der Waals surface area contributed by atoms with Gasteiger partial charge in [0.2, 0.25) is 0 Å². The molecule has 2 aliphatic rings. The highest BCUT2D eigenvalue weighted by molar-refractivity contribution is 5.82. The van der Waals surface area contributed by atoms with Gasteiger partial charge in [-0.2, -0.15) is 0 Å². The summed E-state index contributed by atoms with van der Waals surface area (Å²) in [4.78, 5) is 13.6. The molecule has 1 aromatic carbocycles. The van der Waals surface area contributed by atoms with Gasteiger partial charge in [-0.3, -0.25) is 0 Å². The summed E-state index contributed by atoms with van der Waals surface area (Å²) >= 11 is 0. The van der Waals surface area contributed by atoms with Gasteiger partial charge in [0.1, 0.15) is 12.1 Å². The van der Waals surface area contributed by atoms with Crippen molar-refractivity contribution < 1.29 is 9.32 Å². The number of likely N-dealkylation sites (tertiary alicyclic amines) is 1. The van der Waals surface area contributed by atoms with Crippen LogP contribution < -0.4 is 10.5 Å². The lowest BCUT2D eigenvalue weighted by atomic mass is 9.90. The van der Waals surface area contributed by atoms with Crippen molar-refractivity contribution in [2.24, 2.45) is 5.92 Å². The molecule has 0 bridgehead atoms. The first-order chi connectivity index (χ1) is 11.2. The fourth-order valence-corrected chi connectivity index (χ4v) is 4.22. The maximum Gasteiger partial charge on any atom is 0.336 e. The van der Waals surface area contributed by atoms with Crippen LogP contribution in [0.2, 0.25) is 0 Å². The summed E-state index contributed by atoms with van der Waals surface area (Å²) in [6.45, 7) is 5.73. The van der Waals surface area contributed by atoms with Crippen LogP contribution in [0.1, 0.15) is 49.3 Å². The Balaban J connectivity index is 1.71. The number of piperidine rings is 1. The van der Waals surface area contributed by atoms with E-state index in [0.717, 1.165) is 36.3 Å². The second-order valence-electron chi connectivity index (χ2n) is 7.52. The monoisotopic (exact) mass is 312 g/mol. The maximum absolute atomic E-state index is 12.0. The van der Waals surface area contributed by atoms with Crippen molar-refractivity contribution >= 4 is 11.0 Å². The Morgan fingerprint density at radius 2 is 1.78 bits per heavy atom. The molecular weight excluding hydrogens is 286 g/mol. The summed E-state index contributed by atoms with van der Waals surface area (Å²) < 4.78 is 5.51. The van der Waals surface area contributed by atoms with Gasteiger partial charge in [0, 0.05) is 17.0 Å². The molecular formula is C20H26NO2+. The summed E-state index contributed by atoms with van der Waals surface area (Å²) in [5.74, 6) is 0.850. The van der Waals surface area contributed by atoms with E-state index in [-0.39, 0.29) is 5.63 Å². The molecule has 2 heterocycles. The molecule has 0 saturated carbocycles. The zero-order valence-corrected chi connectivity index (χ0v) is 14.0. The quantitative estimate of drug-likeness (QED) is 0.865. The largest absolute Gasteiger partial charge is 0.423 e. The van der Waals surface area contributed by atoms with Gasteiger partial charge >= 0.3 is 5.63 Å². The molecule has 1 aliphatic carbocycles. The van der Waals surface area contributed by atoms with E-state index >= 15 is 0 Å². The first-order valence-corrected chi connectivity index (χ1v) is 9.11. The highest BCUT2D eigenvalue weighted by Crippen LogP contribution is 2.27. The number of rotatable bonds is 2. The fourth-order valence-electron chi connectivity index (χ4n) is 4.22. The zero-order valence-electron chi connectivity index (χ0n) is 14.0. The van der Waals surface area contributed by atoms with Gasteiger partial charge in [-0.05, 0) is 67.7 Å². The molecule has 0 radical (unpaired) electrons. The Kier molecular flexibility index (Phi) is 3.98. The molecule has 1 saturated heterocycles. The van der Waals surface area contributed by atoms with E-state index < -0.39 is 0 Å². The number of hydrogen-bond donors (Lipinski definition) is 1. The van der Waals surface area contributed by atoms with Crippen molar-refractivity contribution in [3.63, 3.8) is 0 Å². The standard InChI is InChI=1S/C20H25NO2/c1-14-6-8-21(9-7-14)13-17-12-20(22)23-19-11-16-5-3-2-4-15(16)10-18(17)19/h10-12,14H,2-9,13H2,1H3/p+1. The summed E-state index contributed by atoms with van der Waals surface area (Å²) in [6, 6.07) is 6.15. The lowest BCUT2D eigenvalue weighted by Gasteiger charge is -2.27. The number of hydrogen-bond acceptors (Lipinski definition) is 2. The highest BCUT2D eigenvalue weighted by atomic mass is 16.4. The van der Waals surface area contributed by atoms with Gasteiger partial charge < -0.3 is 9.32 Å². The minimum absolute atomic E-state index is 0.201. The molecule has 2 aromatic rings. The van der Waals surface area contributed by atoms with E-state index in [9.17, 15) is 4.79 Å². The van der Waals surface area contributed by atoms with Crippen molar-refractivity contribution in [1.82, 2.24) is 0 Å². The first-order valence-electron chi connectivity index (χ1n) is 9.11. The molecule has 0 atom stereocenters. The number of nitrogens with one attached hydrogen (secondary N) is 1. The minimum atomic E-state index is -0.201. The molecule has 122 valence electrons. The predicted octanol–water partition coefficient (Wildman–Crippen LogP) is 2.49. The Morgan fingerprint density at radius 1 is 1.09 bits per heavy atom. The summed E-state index contributed by atoms with van der Waals surface area (Å²) in [5.41, 5.74) is 4.60. The molecule has 4 rings (SSSR count). The second-order valence-corrected chi connectivity index (χ2v) is 7.52. The maximum atomic E-state index is 12.0. The average Bonchev–Trinajstić information content (AvgIpc) is 2.55. The van der Waals surface area contributed by atoms with E-state index in [1.807, 2.05) is 0 Å². The third-order valence-corrected chi connectivity index (χ3v) is 5.71. The normalized spacial score (nSPS) is 24.6. The van der Waals surface area contributed by atoms with Gasteiger partial charge in [0.15, 0.2) is 0 Å². The van der Waals surface area contributed by atoms with Crippen LogP contribution >= 0.6 is 0 Å². The number of fused-ring (bicyclic) bond motifs is 2. The van der Waals surface area contributed by atoms with Gasteiger partial charge in [-0.1, -0.05) is 6.92 Å². The molecule has 3 heteroatoms. The molecule has 1 fully saturated rings. The Bertz CT molecular complexity index is 769. The highest BCUT2D eigenvalue weighted by Gasteiger charge is 2.21. The molecule has 0 unspecified atom stereocenters. The van der Waals surface area contributed by atoms with Crippen LogP contribution in [-0.4, -0.2) is 13.1 Å². The van der Waals surface area contributed by atoms with Crippen molar-refractivity contribution in [1.29, 1.82) is 0 Å². The lowest BCUT2D eigenvalue weighted by Crippen LogP contribution is -3.11. The third-order valence-electron chi connectivity index (χ3n) is 5.71.